The number of hydrogen-bond acceptors (Lipinski definition) is 5. The van der Waals surface area contributed by atoms with Crippen LogP contribution in [-0.4, -0.2) is 40.0 Å². The maximum Gasteiger partial charge on any atom is 0.220 e. The Kier molecular flexibility index (Phi) is 6.15. The molecular weight excluding hydrogens is 326 g/mol. The van der Waals surface area contributed by atoms with Crippen molar-refractivity contribution in [2.24, 2.45) is 0 Å². The van der Waals surface area contributed by atoms with Gasteiger partial charge in [0.1, 0.15) is 11.5 Å². The largest absolute Gasteiger partial charge is 0.354 e. The molecule has 1 saturated heterocycles. The fourth-order valence-electron chi connectivity index (χ4n) is 3.27. The number of carbonyl (C=O) groups excluding carboxylic acids is 1. The first-order chi connectivity index (χ1) is 12.7. The van der Waals surface area contributed by atoms with Crippen molar-refractivity contribution in [3.63, 3.8) is 0 Å². The molecule has 0 aliphatic carbocycles. The highest BCUT2D eigenvalue weighted by Gasteiger charge is 2.23. The van der Waals surface area contributed by atoms with Gasteiger partial charge in [-0.1, -0.05) is 19.9 Å². The van der Waals surface area contributed by atoms with E-state index in [2.05, 4.69) is 33.2 Å². The highest BCUT2D eigenvalue weighted by atomic mass is 16.1. The van der Waals surface area contributed by atoms with Crippen LogP contribution < -0.4 is 10.2 Å². The molecule has 3 rings (SSSR count). The Balaban J connectivity index is 1.80. The van der Waals surface area contributed by atoms with E-state index >= 15 is 0 Å². The molecule has 1 aliphatic rings. The smallest absolute Gasteiger partial charge is 0.220 e. The van der Waals surface area contributed by atoms with Gasteiger partial charge in [-0.2, -0.15) is 0 Å². The van der Waals surface area contributed by atoms with E-state index < -0.39 is 0 Å². The Morgan fingerprint density at radius 3 is 2.92 bits per heavy atom. The maximum atomic E-state index is 11.9. The SMILES string of the molecule is CCCC(=O)NC1CCCN(c2cc(CC)nc(-c3ccccn3)n2)C1. The van der Waals surface area contributed by atoms with Crippen LogP contribution in [0.3, 0.4) is 0 Å². The molecule has 1 atom stereocenters. The number of amides is 1. The van der Waals surface area contributed by atoms with Gasteiger partial charge < -0.3 is 10.2 Å². The Hall–Kier alpha value is -2.50. The van der Waals surface area contributed by atoms with Gasteiger partial charge in [0, 0.05) is 43.5 Å². The highest BCUT2D eigenvalue weighted by Crippen LogP contribution is 2.22. The summed E-state index contributed by atoms with van der Waals surface area (Å²) >= 11 is 0. The topological polar surface area (TPSA) is 71.0 Å². The van der Waals surface area contributed by atoms with E-state index in [0.717, 1.165) is 56.0 Å². The van der Waals surface area contributed by atoms with Crippen molar-refractivity contribution in [2.75, 3.05) is 18.0 Å². The summed E-state index contributed by atoms with van der Waals surface area (Å²) in [5.74, 6) is 1.73. The second-order valence-corrected chi connectivity index (χ2v) is 6.71. The molecule has 2 aromatic heterocycles. The molecule has 6 nitrogen and oxygen atoms in total. The number of aromatic nitrogens is 3. The zero-order valence-electron chi connectivity index (χ0n) is 15.6. The second kappa shape index (κ2) is 8.74. The van der Waals surface area contributed by atoms with Crippen molar-refractivity contribution >= 4 is 11.7 Å². The van der Waals surface area contributed by atoms with Crippen LogP contribution in [-0.2, 0) is 11.2 Å². The summed E-state index contributed by atoms with van der Waals surface area (Å²) in [6.07, 6.45) is 6.14. The summed E-state index contributed by atoms with van der Waals surface area (Å²) in [4.78, 5) is 28.0. The lowest BCUT2D eigenvalue weighted by Gasteiger charge is -2.34. The van der Waals surface area contributed by atoms with Gasteiger partial charge in [0.2, 0.25) is 5.91 Å². The standard InChI is InChI=1S/C20H27N5O/c1-3-8-19(26)22-16-9-7-12-25(14-16)18-13-15(4-2)23-20(24-18)17-10-5-6-11-21-17/h5-6,10-11,13,16H,3-4,7-9,12,14H2,1-2H3,(H,22,26). The minimum atomic E-state index is 0.144. The van der Waals surface area contributed by atoms with Crippen molar-refractivity contribution in [1.82, 2.24) is 20.3 Å². The lowest BCUT2D eigenvalue weighted by atomic mass is 10.1. The van der Waals surface area contributed by atoms with Gasteiger partial charge in [0.05, 0.1) is 0 Å². The van der Waals surface area contributed by atoms with Crippen LogP contribution in [0.5, 0.6) is 0 Å². The molecule has 26 heavy (non-hydrogen) atoms. The van der Waals surface area contributed by atoms with Gasteiger partial charge >= 0.3 is 0 Å². The lowest BCUT2D eigenvalue weighted by molar-refractivity contribution is -0.121. The predicted molar refractivity (Wildman–Crippen MR) is 103 cm³/mol. The van der Waals surface area contributed by atoms with E-state index in [9.17, 15) is 4.79 Å². The first kappa shape index (κ1) is 18.3. The van der Waals surface area contributed by atoms with Gasteiger partial charge in [0.15, 0.2) is 5.82 Å². The number of rotatable bonds is 6. The van der Waals surface area contributed by atoms with Crippen LogP contribution in [0.1, 0.15) is 45.2 Å². The molecule has 0 aromatic carbocycles. The monoisotopic (exact) mass is 353 g/mol. The van der Waals surface area contributed by atoms with Crippen molar-refractivity contribution in [2.45, 2.75) is 52.0 Å². The molecule has 1 aliphatic heterocycles. The molecule has 138 valence electrons. The van der Waals surface area contributed by atoms with Crippen molar-refractivity contribution in [3.05, 3.63) is 36.2 Å². The number of carbonyl (C=O) groups is 1. The van der Waals surface area contributed by atoms with E-state index in [0.29, 0.717) is 12.2 Å². The van der Waals surface area contributed by atoms with Crippen molar-refractivity contribution < 1.29 is 4.79 Å². The Bertz CT molecular complexity index is 734. The van der Waals surface area contributed by atoms with Crippen LogP contribution in [0.4, 0.5) is 5.82 Å². The van der Waals surface area contributed by atoms with E-state index in [1.165, 1.54) is 0 Å². The minimum absolute atomic E-state index is 0.144. The molecule has 2 aromatic rings. The van der Waals surface area contributed by atoms with Gasteiger partial charge in [-0.25, -0.2) is 9.97 Å². The molecule has 0 radical (unpaired) electrons. The molecular formula is C20H27N5O. The number of nitrogens with one attached hydrogen (secondary N) is 1. The van der Waals surface area contributed by atoms with E-state index in [4.69, 9.17) is 4.98 Å². The summed E-state index contributed by atoms with van der Waals surface area (Å²) < 4.78 is 0. The third-order valence-electron chi connectivity index (χ3n) is 4.61. The summed E-state index contributed by atoms with van der Waals surface area (Å²) in [5, 5.41) is 3.16. The van der Waals surface area contributed by atoms with Gasteiger partial charge in [-0.3, -0.25) is 9.78 Å². The highest BCUT2D eigenvalue weighted by molar-refractivity contribution is 5.76. The van der Waals surface area contributed by atoms with Crippen molar-refractivity contribution in [3.8, 4) is 11.5 Å². The minimum Gasteiger partial charge on any atom is -0.354 e. The Morgan fingerprint density at radius 2 is 2.19 bits per heavy atom. The number of pyridine rings is 1. The van der Waals surface area contributed by atoms with Crippen LogP contribution >= 0.6 is 0 Å². The number of nitrogens with zero attached hydrogens (tertiary/aromatic N) is 4. The van der Waals surface area contributed by atoms with E-state index in [1.807, 2.05) is 25.1 Å². The van der Waals surface area contributed by atoms with Crippen molar-refractivity contribution in [1.29, 1.82) is 0 Å². The number of piperidine rings is 1. The maximum absolute atomic E-state index is 11.9. The quantitative estimate of drug-likeness (QED) is 0.864. The summed E-state index contributed by atoms with van der Waals surface area (Å²) in [6, 6.07) is 8.01. The zero-order valence-corrected chi connectivity index (χ0v) is 15.6. The average Bonchev–Trinajstić information content (AvgIpc) is 2.68. The molecule has 6 heteroatoms. The number of aryl methyl sites for hydroxylation is 1. The number of anilines is 1. The summed E-state index contributed by atoms with van der Waals surface area (Å²) in [6.45, 7) is 5.86. The van der Waals surface area contributed by atoms with E-state index in [1.54, 1.807) is 6.20 Å². The molecule has 0 saturated carbocycles. The Morgan fingerprint density at radius 1 is 1.31 bits per heavy atom. The molecule has 1 N–H and O–H groups in total. The Labute approximate surface area is 155 Å². The number of hydrogen-bond donors (Lipinski definition) is 1. The third-order valence-corrected chi connectivity index (χ3v) is 4.61. The first-order valence-electron chi connectivity index (χ1n) is 9.53. The van der Waals surface area contributed by atoms with Crippen LogP contribution in [0.25, 0.3) is 11.5 Å². The van der Waals surface area contributed by atoms with Gasteiger partial charge in [-0.15, -0.1) is 0 Å². The van der Waals surface area contributed by atoms with Crippen LogP contribution in [0, 0.1) is 0 Å². The second-order valence-electron chi connectivity index (χ2n) is 6.71. The molecule has 1 amide bonds. The summed E-state index contributed by atoms with van der Waals surface area (Å²) in [7, 11) is 0. The third kappa shape index (κ3) is 4.56. The fourth-order valence-corrected chi connectivity index (χ4v) is 3.27. The zero-order chi connectivity index (χ0) is 18.4. The molecule has 0 spiro atoms. The normalized spacial score (nSPS) is 17.2. The van der Waals surface area contributed by atoms with Crippen LogP contribution in [0.15, 0.2) is 30.5 Å². The molecule has 0 bridgehead atoms. The average molecular weight is 353 g/mol. The molecule has 3 heterocycles. The fraction of sp³-hybridized carbons (Fsp3) is 0.500. The van der Waals surface area contributed by atoms with Gasteiger partial charge in [-0.05, 0) is 37.8 Å². The van der Waals surface area contributed by atoms with E-state index in [-0.39, 0.29) is 11.9 Å². The molecule has 1 fully saturated rings. The first-order valence-corrected chi connectivity index (χ1v) is 9.53. The lowest BCUT2D eigenvalue weighted by Crippen LogP contribution is -2.48. The predicted octanol–water partition coefficient (Wildman–Crippen LogP) is 2.99. The summed E-state index contributed by atoms with van der Waals surface area (Å²) in [5.41, 5.74) is 1.79. The van der Waals surface area contributed by atoms with Gasteiger partial charge in [0.25, 0.3) is 0 Å². The van der Waals surface area contributed by atoms with Crippen LogP contribution in [0.2, 0.25) is 0 Å². The molecule has 1 unspecified atom stereocenters.